The van der Waals surface area contributed by atoms with Crippen LogP contribution in [0.3, 0.4) is 0 Å². The van der Waals surface area contributed by atoms with Crippen molar-refractivity contribution < 1.29 is 22.0 Å². The molecule has 1 aliphatic rings. The minimum Gasteiger partial charge on any atom is -0.352 e. The standard InChI is InChI=1S/C17H18F2N4O3S/c1-2-23(12-5-6-27(25,26)10-12)16-9-20-15(8-21-16)17(24)22-11-3-4-13(18)14(19)7-11/h3-4,7-9,12H,2,5-6,10H2,1H3,(H,22,24). The number of halogens is 2. The van der Waals surface area contributed by atoms with Crippen molar-refractivity contribution in [1.29, 1.82) is 0 Å². The lowest BCUT2D eigenvalue weighted by Crippen LogP contribution is -2.36. The van der Waals surface area contributed by atoms with Gasteiger partial charge in [0.05, 0.1) is 23.9 Å². The van der Waals surface area contributed by atoms with E-state index in [1.165, 1.54) is 18.5 Å². The second-order valence-corrected chi connectivity index (χ2v) is 8.41. The Bertz CT molecular complexity index is 951. The molecule has 1 saturated heterocycles. The highest BCUT2D eigenvalue weighted by atomic mass is 32.2. The van der Waals surface area contributed by atoms with E-state index in [4.69, 9.17) is 0 Å². The Kier molecular flexibility index (Phi) is 5.36. The average molecular weight is 396 g/mol. The quantitative estimate of drug-likeness (QED) is 0.831. The molecule has 10 heteroatoms. The van der Waals surface area contributed by atoms with Crippen LogP contribution in [0, 0.1) is 11.6 Å². The Morgan fingerprint density at radius 2 is 2.04 bits per heavy atom. The van der Waals surface area contributed by atoms with Gasteiger partial charge in [0.15, 0.2) is 21.5 Å². The Morgan fingerprint density at radius 1 is 1.26 bits per heavy atom. The summed E-state index contributed by atoms with van der Waals surface area (Å²) in [6.07, 6.45) is 3.18. The first-order valence-corrected chi connectivity index (χ1v) is 10.2. The van der Waals surface area contributed by atoms with E-state index in [2.05, 4.69) is 15.3 Å². The molecule has 1 fully saturated rings. The van der Waals surface area contributed by atoms with E-state index in [1.54, 1.807) is 0 Å². The molecule has 144 valence electrons. The van der Waals surface area contributed by atoms with Gasteiger partial charge in [-0.25, -0.2) is 27.2 Å². The zero-order valence-electron chi connectivity index (χ0n) is 14.5. The number of sulfone groups is 1. The number of nitrogens with zero attached hydrogens (tertiary/aromatic N) is 3. The Hall–Kier alpha value is -2.62. The third kappa shape index (κ3) is 4.38. The molecule has 1 unspecified atom stereocenters. The molecule has 7 nitrogen and oxygen atoms in total. The van der Waals surface area contributed by atoms with E-state index in [1.807, 2.05) is 11.8 Å². The highest BCUT2D eigenvalue weighted by Gasteiger charge is 2.32. The minimum absolute atomic E-state index is 0.00132. The summed E-state index contributed by atoms with van der Waals surface area (Å²) in [6.45, 7) is 2.44. The summed E-state index contributed by atoms with van der Waals surface area (Å²) in [5.74, 6) is -2.00. The van der Waals surface area contributed by atoms with Crippen LogP contribution < -0.4 is 10.2 Å². The molecular formula is C17H18F2N4O3S. The van der Waals surface area contributed by atoms with Gasteiger partial charge in [-0.3, -0.25) is 4.79 Å². The van der Waals surface area contributed by atoms with Crippen molar-refractivity contribution in [2.45, 2.75) is 19.4 Å². The lowest BCUT2D eigenvalue weighted by Gasteiger charge is -2.27. The molecule has 1 N–H and O–H groups in total. The lowest BCUT2D eigenvalue weighted by molar-refractivity contribution is 0.102. The molecule has 2 aromatic rings. The molecule has 1 aromatic carbocycles. The van der Waals surface area contributed by atoms with Crippen LogP contribution in [-0.2, 0) is 9.84 Å². The monoisotopic (exact) mass is 396 g/mol. The van der Waals surface area contributed by atoms with Crippen LogP contribution in [0.1, 0.15) is 23.8 Å². The van der Waals surface area contributed by atoms with Gasteiger partial charge in [-0.2, -0.15) is 0 Å². The predicted octanol–water partition coefficient (Wildman–Crippen LogP) is 2.02. The Labute approximate surface area is 155 Å². The van der Waals surface area contributed by atoms with Gasteiger partial charge in [-0.1, -0.05) is 0 Å². The van der Waals surface area contributed by atoms with Crippen molar-refractivity contribution in [2.24, 2.45) is 0 Å². The van der Waals surface area contributed by atoms with E-state index in [0.29, 0.717) is 18.8 Å². The number of aromatic nitrogens is 2. The van der Waals surface area contributed by atoms with Crippen LogP contribution in [0.2, 0.25) is 0 Å². The molecule has 27 heavy (non-hydrogen) atoms. The number of hydrogen-bond donors (Lipinski definition) is 1. The van der Waals surface area contributed by atoms with Gasteiger partial charge >= 0.3 is 0 Å². The summed E-state index contributed by atoms with van der Waals surface area (Å²) >= 11 is 0. The van der Waals surface area contributed by atoms with E-state index >= 15 is 0 Å². The van der Waals surface area contributed by atoms with Crippen LogP contribution in [-0.4, -0.2) is 48.4 Å². The molecule has 1 aliphatic heterocycles. The zero-order chi connectivity index (χ0) is 19.6. The first-order chi connectivity index (χ1) is 12.8. The third-order valence-electron chi connectivity index (χ3n) is 4.33. The molecule has 1 aromatic heterocycles. The van der Waals surface area contributed by atoms with E-state index in [9.17, 15) is 22.0 Å². The van der Waals surface area contributed by atoms with E-state index in [-0.39, 0.29) is 28.9 Å². The van der Waals surface area contributed by atoms with Crippen LogP contribution >= 0.6 is 0 Å². The lowest BCUT2D eigenvalue weighted by atomic mass is 10.2. The molecule has 2 heterocycles. The topological polar surface area (TPSA) is 92.3 Å². The highest BCUT2D eigenvalue weighted by Crippen LogP contribution is 2.22. The highest BCUT2D eigenvalue weighted by molar-refractivity contribution is 7.91. The summed E-state index contributed by atoms with van der Waals surface area (Å²) < 4.78 is 49.5. The van der Waals surface area contributed by atoms with E-state index in [0.717, 1.165) is 12.1 Å². The van der Waals surface area contributed by atoms with Crippen molar-refractivity contribution in [3.8, 4) is 0 Å². The smallest absolute Gasteiger partial charge is 0.275 e. The number of benzene rings is 1. The van der Waals surface area contributed by atoms with Gasteiger partial charge in [0, 0.05) is 24.3 Å². The maximum absolute atomic E-state index is 13.2. The molecule has 0 aliphatic carbocycles. The van der Waals surface area contributed by atoms with Crippen molar-refractivity contribution in [2.75, 3.05) is 28.3 Å². The minimum atomic E-state index is -3.03. The van der Waals surface area contributed by atoms with Crippen LogP contribution in [0.25, 0.3) is 0 Å². The maximum Gasteiger partial charge on any atom is 0.275 e. The predicted molar refractivity (Wildman–Crippen MR) is 96.4 cm³/mol. The molecular weight excluding hydrogens is 378 g/mol. The first-order valence-electron chi connectivity index (χ1n) is 8.34. The van der Waals surface area contributed by atoms with Gasteiger partial charge in [0.1, 0.15) is 11.5 Å². The number of rotatable bonds is 5. The molecule has 0 bridgehead atoms. The number of anilines is 2. The summed E-state index contributed by atoms with van der Waals surface area (Å²) in [6, 6.07) is 2.84. The maximum atomic E-state index is 13.2. The number of hydrogen-bond acceptors (Lipinski definition) is 6. The summed E-state index contributed by atoms with van der Waals surface area (Å²) in [4.78, 5) is 22.3. The summed E-state index contributed by atoms with van der Waals surface area (Å²) in [5.41, 5.74) is 0.0923. The number of nitrogens with one attached hydrogen (secondary N) is 1. The average Bonchev–Trinajstić information content (AvgIpc) is 2.99. The van der Waals surface area contributed by atoms with Crippen LogP contribution in [0.15, 0.2) is 30.6 Å². The molecule has 1 amide bonds. The SMILES string of the molecule is CCN(c1cnc(C(=O)Nc2ccc(F)c(F)c2)cn1)C1CCS(=O)(=O)C1. The first kappa shape index (κ1) is 19.2. The molecule has 0 radical (unpaired) electrons. The molecule has 3 rings (SSSR count). The van der Waals surface area contributed by atoms with Crippen LogP contribution in [0.5, 0.6) is 0 Å². The van der Waals surface area contributed by atoms with Crippen molar-refractivity contribution >= 4 is 27.2 Å². The zero-order valence-corrected chi connectivity index (χ0v) is 15.3. The third-order valence-corrected chi connectivity index (χ3v) is 6.08. The Morgan fingerprint density at radius 3 is 2.59 bits per heavy atom. The van der Waals surface area contributed by atoms with Crippen LogP contribution in [0.4, 0.5) is 20.3 Å². The fraction of sp³-hybridized carbons (Fsp3) is 0.353. The molecule has 0 saturated carbocycles. The summed E-state index contributed by atoms with van der Waals surface area (Å²) in [5, 5.41) is 2.41. The van der Waals surface area contributed by atoms with Crippen molar-refractivity contribution in [3.63, 3.8) is 0 Å². The van der Waals surface area contributed by atoms with Gasteiger partial charge < -0.3 is 10.2 Å². The largest absolute Gasteiger partial charge is 0.352 e. The number of carbonyl (C=O) groups excluding carboxylic acids is 1. The van der Waals surface area contributed by atoms with Gasteiger partial charge in [-0.15, -0.1) is 0 Å². The molecule has 1 atom stereocenters. The number of carbonyl (C=O) groups is 1. The fourth-order valence-corrected chi connectivity index (χ4v) is 4.71. The van der Waals surface area contributed by atoms with Crippen molar-refractivity contribution in [3.05, 3.63) is 47.9 Å². The second-order valence-electron chi connectivity index (χ2n) is 6.19. The fourth-order valence-electron chi connectivity index (χ4n) is 2.98. The van der Waals surface area contributed by atoms with Crippen molar-refractivity contribution in [1.82, 2.24) is 9.97 Å². The van der Waals surface area contributed by atoms with Gasteiger partial charge in [-0.05, 0) is 25.5 Å². The second kappa shape index (κ2) is 7.55. The van der Waals surface area contributed by atoms with Gasteiger partial charge in [0.25, 0.3) is 5.91 Å². The molecule has 0 spiro atoms. The number of amides is 1. The summed E-state index contributed by atoms with van der Waals surface area (Å²) in [7, 11) is -3.03. The Balaban J connectivity index is 1.72. The van der Waals surface area contributed by atoms with Gasteiger partial charge in [0.2, 0.25) is 0 Å². The normalized spacial score (nSPS) is 18.3. The van der Waals surface area contributed by atoms with E-state index < -0.39 is 27.4 Å².